The van der Waals surface area contributed by atoms with Crippen molar-refractivity contribution in [2.24, 2.45) is 0 Å². The lowest BCUT2D eigenvalue weighted by Gasteiger charge is -2.02. The third-order valence-electron chi connectivity index (χ3n) is 4.53. The first-order valence-corrected chi connectivity index (χ1v) is 8.69. The molecule has 0 saturated carbocycles. The summed E-state index contributed by atoms with van der Waals surface area (Å²) < 4.78 is 20.3. The van der Waals surface area contributed by atoms with Crippen LogP contribution in [0.1, 0.15) is 16.7 Å². The van der Waals surface area contributed by atoms with Crippen molar-refractivity contribution in [3.63, 3.8) is 0 Å². The molecule has 0 spiro atoms. The van der Waals surface area contributed by atoms with Crippen molar-refractivity contribution in [1.82, 2.24) is 0 Å². The van der Waals surface area contributed by atoms with Crippen LogP contribution in [-0.4, -0.2) is 11.7 Å². The normalized spacial score (nSPS) is 11.2. The summed E-state index contributed by atoms with van der Waals surface area (Å²) in [6, 6.07) is 23.2. The lowest BCUT2D eigenvalue weighted by atomic mass is 10.0. The molecule has 0 fully saturated rings. The van der Waals surface area contributed by atoms with Crippen LogP contribution in [0.25, 0.3) is 22.3 Å². The Morgan fingerprint density at radius 3 is 2.38 bits per heavy atom. The zero-order valence-corrected chi connectivity index (χ0v) is 14.3. The summed E-state index contributed by atoms with van der Waals surface area (Å²) in [6.07, 6.45) is 1.29. The van der Waals surface area contributed by atoms with Gasteiger partial charge in [0, 0.05) is 12.0 Å². The molecule has 130 valence electrons. The van der Waals surface area contributed by atoms with Crippen molar-refractivity contribution >= 4 is 11.0 Å². The van der Waals surface area contributed by atoms with Crippen molar-refractivity contribution in [3.8, 4) is 11.3 Å². The SMILES string of the molecule is OCCc1ccc(-c2cc3cc(Cc4ccccc4)ccc3o2)c(F)c1. The summed E-state index contributed by atoms with van der Waals surface area (Å²) in [5, 5.41) is 9.95. The van der Waals surface area contributed by atoms with E-state index in [1.54, 1.807) is 6.07 Å². The van der Waals surface area contributed by atoms with Gasteiger partial charge in [0.25, 0.3) is 0 Å². The second-order valence-corrected chi connectivity index (χ2v) is 6.43. The molecule has 3 aromatic carbocycles. The summed E-state index contributed by atoms with van der Waals surface area (Å²) in [7, 11) is 0. The molecule has 0 atom stereocenters. The molecule has 0 aliphatic carbocycles. The third kappa shape index (κ3) is 3.39. The number of rotatable bonds is 5. The molecule has 0 saturated heterocycles. The summed E-state index contributed by atoms with van der Waals surface area (Å²) in [5.74, 6) is 0.185. The quantitative estimate of drug-likeness (QED) is 0.527. The van der Waals surface area contributed by atoms with E-state index in [-0.39, 0.29) is 12.4 Å². The van der Waals surface area contributed by atoms with E-state index in [4.69, 9.17) is 9.52 Å². The first kappa shape index (κ1) is 16.6. The average Bonchev–Trinajstić information content (AvgIpc) is 3.06. The first-order valence-electron chi connectivity index (χ1n) is 8.69. The number of furan rings is 1. The summed E-state index contributed by atoms with van der Waals surface area (Å²) in [4.78, 5) is 0. The molecular formula is C23H19FO2. The fourth-order valence-electron chi connectivity index (χ4n) is 3.21. The van der Waals surface area contributed by atoms with Gasteiger partial charge >= 0.3 is 0 Å². The number of aliphatic hydroxyl groups is 1. The van der Waals surface area contributed by atoms with Gasteiger partial charge in [-0.05, 0) is 59.9 Å². The smallest absolute Gasteiger partial charge is 0.138 e. The van der Waals surface area contributed by atoms with E-state index in [0.717, 1.165) is 23.0 Å². The van der Waals surface area contributed by atoms with Crippen LogP contribution in [-0.2, 0) is 12.8 Å². The van der Waals surface area contributed by atoms with E-state index in [1.807, 2.05) is 42.5 Å². The van der Waals surface area contributed by atoms with Gasteiger partial charge in [0.05, 0.1) is 5.56 Å². The first-order chi connectivity index (χ1) is 12.7. The Bertz CT molecular complexity index is 1030. The maximum Gasteiger partial charge on any atom is 0.138 e. The monoisotopic (exact) mass is 346 g/mol. The van der Waals surface area contributed by atoms with Crippen molar-refractivity contribution in [1.29, 1.82) is 0 Å². The molecule has 4 rings (SSSR count). The highest BCUT2D eigenvalue weighted by Gasteiger charge is 2.12. The second-order valence-electron chi connectivity index (χ2n) is 6.43. The lowest BCUT2D eigenvalue weighted by molar-refractivity contribution is 0.299. The maximum atomic E-state index is 14.4. The Hall–Kier alpha value is -2.91. The average molecular weight is 346 g/mol. The van der Waals surface area contributed by atoms with Gasteiger partial charge in [-0.25, -0.2) is 4.39 Å². The number of benzene rings is 3. The van der Waals surface area contributed by atoms with Crippen LogP contribution in [0.2, 0.25) is 0 Å². The van der Waals surface area contributed by atoms with E-state index in [1.165, 1.54) is 17.2 Å². The Balaban J connectivity index is 1.65. The van der Waals surface area contributed by atoms with E-state index < -0.39 is 0 Å². The van der Waals surface area contributed by atoms with Crippen molar-refractivity contribution in [2.75, 3.05) is 6.61 Å². The van der Waals surface area contributed by atoms with Gasteiger partial charge in [0.2, 0.25) is 0 Å². The summed E-state index contributed by atoms with van der Waals surface area (Å²) >= 11 is 0. The number of halogens is 1. The molecule has 1 N–H and O–H groups in total. The minimum absolute atomic E-state index is 0.00756. The Labute approximate surface area is 151 Å². The molecule has 1 aromatic heterocycles. The van der Waals surface area contributed by atoms with Crippen LogP contribution in [0.3, 0.4) is 0 Å². The van der Waals surface area contributed by atoms with Gasteiger partial charge in [-0.15, -0.1) is 0 Å². The number of hydrogen-bond donors (Lipinski definition) is 1. The molecule has 0 aliphatic rings. The minimum Gasteiger partial charge on any atom is -0.456 e. The highest BCUT2D eigenvalue weighted by molar-refractivity contribution is 5.83. The van der Waals surface area contributed by atoms with Gasteiger partial charge in [-0.3, -0.25) is 0 Å². The minimum atomic E-state index is -0.334. The van der Waals surface area contributed by atoms with Gasteiger partial charge in [0.1, 0.15) is 17.2 Å². The predicted octanol–water partition coefficient (Wildman–Crippen LogP) is 5.36. The van der Waals surface area contributed by atoms with E-state index >= 15 is 0 Å². The van der Waals surface area contributed by atoms with Crippen molar-refractivity contribution < 1.29 is 13.9 Å². The van der Waals surface area contributed by atoms with Crippen LogP contribution in [0.5, 0.6) is 0 Å². The largest absolute Gasteiger partial charge is 0.456 e. The molecule has 1 heterocycles. The van der Waals surface area contributed by atoms with Crippen LogP contribution < -0.4 is 0 Å². The zero-order chi connectivity index (χ0) is 17.9. The van der Waals surface area contributed by atoms with E-state index in [0.29, 0.717) is 17.7 Å². The van der Waals surface area contributed by atoms with Gasteiger partial charge in [-0.1, -0.05) is 42.5 Å². The van der Waals surface area contributed by atoms with Crippen LogP contribution in [0.4, 0.5) is 4.39 Å². The van der Waals surface area contributed by atoms with Crippen molar-refractivity contribution in [2.45, 2.75) is 12.8 Å². The van der Waals surface area contributed by atoms with E-state index in [9.17, 15) is 4.39 Å². The fourth-order valence-corrected chi connectivity index (χ4v) is 3.21. The molecule has 2 nitrogen and oxygen atoms in total. The molecule has 0 amide bonds. The molecule has 0 unspecified atom stereocenters. The highest BCUT2D eigenvalue weighted by atomic mass is 19.1. The fraction of sp³-hybridized carbons (Fsp3) is 0.130. The molecular weight excluding hydrogens is 327 g/mol. The lowest BCUT2D eigenvalue weighted by Crippen LogP contribution is -1.92. The highest BCUT2D eigenvalue weighted by Crippen LogP contribution is 2.31. The Kier molecular flexibility index (Phi) is 4.55. The van der Waals surface area contributed by atoms with Crippen LogP contribution >= 0.6 is 0 Å². The van der Waals surface area contributed by atoms with Crippen LogP contribution in [0.15, 0.2) is 77.2 Å². The Morgan fingerprint density at radius 2 is 1.62 bits per heavy atom. The van der Waals surface area contributed by atoms with Gasteiger partial charge < -0.3 is 9.52 Å². The van der Waals surface area contributed by atoms with Crippen molar-refractivity contribution in [3.05, 3.63) is 95.3 Å². The van der Waals surface area contributed by atoms with Crippen LogP contribution in [0, 0.1) is 5.82 Å². The second kappa shape index (κ2) is 7.14. The topological polar surface area (TPSA) is 33.4 Å². The van der Waals surface area contributed by atoms with E-state index in [2.05, 4.69) is 18.2 Å². The number of hydrogen-bond acceptors (Lipinski definition) is 2. The third-order valence-corrected chi connectivity index (χ3v) is 4.53. The predicted molar refractivity (Wildman–Crippen MR) is 102 cm³/mol. The maximum absolute atomic E-state index is 14.4. The number of fused-ring (bicyclic) bond motifs is 1. The molecule has 26 heavy (non-hydrogen) atoms. The van der Waals surface area contributed by atoms with Gasteiger partial charge in [-0.2, -0.15) is 0 Å². The summed E-state index contributed by atoms with van der Waals surface area (Å²) in [6.45, 7) is 0.00756. The molecule has 4 aromatic rings. The standard InChI is InChI=1S/C23H19FO2/c24-21-14-17(10-11-25)6-8-20(21)23-15-19-13-18(7-9-22(19)26-23)12-16-4-2-1-3-5-16/h1-9,13-15,25H,10-12H2. The summed E-state index contributed by atoms with van der Waals surface area (Å²) in [5.41, 5.74) is 4.40. The molecule has 0 bridgehead atoms. The Morgan fingerprint density at radius 1 is 0.808 bits per heavy atom. The van der Waals surface area contributed by atoms with Gasteiger partial charge in [0.15, 0.2) is 0 Å². The number of aliphatic hydroxyl groups excluding tert-OH is 1. The molecule has 3 heteroatoms. The zero-order valence-electron chi connectivity index (χ0n) is 14.3. The molecule has 0 aliphatic heterocycles. The molecule has 0 radical (unpaired) electrons.